The standard InChI is InChI=1S/C21H23FN4O5S2/c1-11-18(33-17(23-11)9-31-21(30)26(4)6-5-25(2)3)15-10-32-19(24-15)12-8-16(27)13(20(28)29)7-14(12)22/h7-8,10,27H,5-6,9H2,1-4H3,(H,28,29). The lowest BCUT2D eigenvalue weighted by Gasteiger charge is -2.18. The zero-order chi connectivity index (χ0) is 24.3. The highest BCUT2D eigenvalue weighted by Crippen LogP contribution is 2.36. The maximum Gasteiger partial charge on any atom is 0.409 e. The highest BCUT2D eigenvalue weighted by molar-refractivity contribution is 7.16. The molecule has 9 nitrogen and oxygen atoms in total. The van der Waals surface area contributed by atoms with Crippen molar-refractivity contribution in [2.45, 2.75) is 13.5 Å². The molecule has 33 heavy (non-hydrogen) atoms. The maximum atomic E-state index is 14.4. The number of likely N-dealkylation sites (N-methyl/N-ethyl adjacent to an activating group) is 2. The third-order valence-electron chi connectivity index (χ3n) is 4.64. The van der Waals surface area contributed by atoms with Crippen molar-refractivity contribution >= 4 is 34.7 Å². The van der Waals surface area contributed by atoms with Crippen molar-refractivity contribution in [1.29, 1.82) is 0 Å². The number of carbonyl (C=O) groups excluding carboxylic acids is 1. The molecular formula is C21H23FN4O5S2. The molecule has 0 spiro atoms. The van der Waals surface area contributed by atoms with E-state index in [9.17, 15) is 19.1 Å². The minimum atomic E-state index is -1.42. The van der Waals surface area contributed by atoms with Gasteiger partial charge in [0.25, 0.3) is 0 Å². The number of aromatic hydroxyl groups is 1. The molecule has 0 saturated carbocycles. The summed E-state index contributed by atoms with van der Waals surface area (Å²) in [6.07, 6.45) is -0.442. The summed E-state index contributed by atoms with van der Waals surface area (Å²) in [5.41, 5.74) is 0.740. The molecule has 2 aromatic heterocycles. The minimum absolute atomic E-state index is 0.00540. The van der Waals surface area contributed by atoms with Crippen molar-refractivity contribution in [3.05, 3.63) is 39.6 Å². The van der Waals surface area contributed by atoms with Crippen molar-refractivity contribution in [3.63, 3.8) is 0 Å². The summed E-state index contributed by atoms with van der Waals surface area (Å²) < 4.78 is 19.8. The zero-order valence-electron chi connectivity index (χ0n) is 18.5. The molecular weight excluding hydrogens is 471 g/mol. The Kier molecular flexibility index (Phi) is 7.61. The number of carboxylic acid groups (broad SMARTS) is 1. The van der Waals surface area contributed by atoms with Crippen molar-refractivity contribution in [3.8, 4) is 26.9 Å². The van der Waals surface area contributed by atoms with Crippen LogP contribution in [0.1, 0.15) is 21.1 Å². The number of phenols is 1. The zero-order valence-corrected chi connectivity index (χ0v) is 20.1. The van der Waals surface area contributed by atoms with E-state index in [1.165, 1.54) is 16.2 Å². The predicted octanol–water partition coefficient (Wildman–Crippen LogP) is 3.91. The first kappa shape index (κ1) is 24.6. The number of ether oxygens (including phenoxy) is 1. The largest absolute Gasteiger partial charge is 0.507 e. The van der Waals surface area contributed by atoms with E-state index in [1.807, 2.05) is 19.0 Å². The van der Waals surface area contributed by atoms with Crippen LogP contribution in [-0.4, -0.2) is 76.3 Å². The Hall–Kier alpha value is -3.09. The van der Waals surface area contributed by atoms with Gasteiger partial charge >= 0.3 is 12.1 Å². The quantitative estimate of drug-likeness (QED) is 0.484. The summed E-state index contributed by atoms with van der Waals surface area (Å²) in [6, 6.07) is 1.83. The number of aromatic carboxylic acids is 1. The van der Waals surface area contributed by atoms with Gasteiger partial charge in [0.05, 0.1) is 16.3 Å². The molecule has 0 aliphatic rings. The van der Waals surface area contributed by atoms with Gasteiger partial charge in [-0.2, -0.15) is 0 Å². The van der Waals surface area contributed by atoms with Crippen LogP contribution < -0.4 is 0 Å². The number of hydrogen-bond donors (Lipinski definition) is 2. The summed E-state index contributed by atoms with van der Waals surface area (Å²) in [5, 5.41) is 21.5. The van der Waals surface area contributed by atoms with Crippen molar-refractivity contribution in [1.82, 2.24) is 19.8 Å². The van der Waals surface area contributed by atoms with Crippen LogP contribution in [0.3, 0.4) is 0 Å². The monoisotopic (exact) mass is 494 g/mol. The number of halogens is 1. The Labute approximate surface area is 197 Å². The van der Waals surface area contributed by atoms with Crippen LogP contribution in [0.5, 0.6) is 5.75 Å². The van der Waals surface area contributed by atoms with Crippen LogP contribution >= 0.6 is 22.7 Å². The number of aryl methyl sites for hydroxylation is 1. The van der Waals surface area contributed by atoms with Gasteiger partial charge in [0.15, 0.2) is 0 Å². The first-order valence-electron chi connectivity index (χ1n) is 9.77. The number of hydrogen-bond acceptors (Lipinski definition) is 9. The van der Waals surface area contributed by atoms with Gasteiger partial charge in [-0.05, 0) is 33.2 Å². The van der Waals surface area contributed by atoms with E-state index in [-0.39, 0.29) is 17.2 Å². The molecule has 0 radical (unpaired) electrons. The average molecular weight is 495 g/mol. The van der Waals surface area contributed by atoms with Gasteiger partial charge in [-0.1, -0.05) is 0 Å². The molecule has 0 fully saturated rings. The molecule has 2 N–H and O–H groups in total. The summed E-state index contributed by atoms with van der Waals surface area (Å²) in [4.78, 5) is 36.3. The Bertz CT molecular complexity index is 1180. The molecule has 0 bridgehead atoms. The third-order valence-corrected chi connectivity index (χ3v) is 6.67. The van der Waals surface area contributed by atoms with E-state index in [0.29, 0.717) is 22.9 Å². The summed E-state index contributed by atoms with van der Waals surface area (Å²) in [7, 11) is 5.51. The van der Waals surface area contributed by atoms with Gasteiger partial charge in [0, 0.05) is 31.1 Å². The lowest BCUT2D eigenvalue weighted by Crippen LogP contribution is -2.33. The average Bonchev–Trinajstić information content (AvgIpc) is 3.37. The Morgan fingerprint density at radius 3 is 2.58 bits per heavy atom. The van der Waals surface area contributed by atoms with Crippen LogP contribution in [-0.2, 0) is 11.3 Å². The molecule has 1 aromatic carbocycles. The molecule has 0 saturated heterocycles. The molecule has 0 aliphatic carbocycles. The summed E-state index contributed by atoms with van der Waals surface area (Å²) in [6.45, 7) is 3.07. The van der Waals surface area contributed by atoms with E-state index in [4.69, 9.17) is 9.84 Å². The van der Waals surface area contributed by atoms with E-state index < -0.39 is 29.2 Å². The van der Waals surface area contributed by atoms with Crippen molar-refractivity contribution in [2.24, 2.45) is 0 Å². The van der Waals surface area contributed by atoms with E-state index in [0.717, 1.165) is 34.9 Å². The van der Waals surface area contributed by atoms with Gasteiger partial charge < -0.3 is 24.7 Å². The fourth-order valence-corrected chi connectivity index (χ4v) is 4.67. The van der Waals surface area contributed by atoms with Crippen LogP contribution in [0.25, 0.3) is 21.1 Å². The summed E-state index contributed by atoms with van der Waals surface area (Å²) >= 11 is 2.47. The fourth-order valence-electron chi connectivity index (χ4n) is 2.83. The highest BCUT2D eigenvalue weighted by Gasteiger charge is 2.20. The Balaban J connectivity index is 1.73. The van der Waals surface area contributed by atoms with Crippen molar-refractivity contribution in [2.75, 3.05) is 34.2 Å². The number of rotatable bonds is 8. The normalized spacial score (nSPS) is 11.1. The minimum Gasteiger partial charge on any atom is -0.507 e. The molecule has 3 rings (SSSR count). The molecule has 1 amide bonds. The molecule has 176 valence electrons. The van der Waals surface area contributed by atoms with E-state index >= 15 is 0 Å². The molecule has 3 aromatic rings. The van der Waals surface area contributed by atoms with Gasteiger partial charge in [-0.3, -0.25) is 0 Å². The smallest absolute Gasteiger partial charge is 0.409 e. The molecule has 12 heteroatoms. The van der Waals surface area contributed by atoms with Crippen molar-refractivity contribution < 1.29 is 28.9 Å². The first-order chi connectivity index (χ1) is 15.6. The number of benzene rings is 1. The Morgan fingerprint density at radius 1 is 1.18 bits per heavy atom. The van der Waals surface area contributed by atoms with Gasteiger partial charge in [-0.25, -0.2) is 23.9 Å². The van der Waals surface area contributed by atoms with E-state index in [1.54, 1.807) is 19.4 Å². The topological polar surface area (TPSA) is 116 Å². The third kappa shape index (κ3) is 5.83. The number of carbonyl (C=O) groups is 2. The number of thiazole rings is 2. The number of carboxylic acids is 1. The van der Waals surface area contributed by atoms with Crippen LogP contribution in [0.15, 0.2) is 17.5 Å². The number of aromatic nitrogens is 2. The van der Waals surface area contributed by atoms with E-state index in [2.05, 4.69) is 9.97 Å². The lowest BCUT2D eigenvalue weighted by molar-refractivity contribution is 0.0693. The van der Waals surface area contributed by atoms with Gasteiger partial charge in [0.1, 0.15) is 33.8 Å². The van der Waals surface area contributed by atoms with Gasteiger partial charge in [-0.15, -0.1) is 22.7 Å². The lowest BCUT2D eigenvalue weighted by atomic mass is 10.1. The second kappa shape index (κ2) is 10.2. The predicted molar refractivity (Wildman–Crippen MR) is 123 cm³/mol. The summed E-state index contributed by atoms with van der Waals surface area (Å²) in [5.74, 6) is -2.75. The van der Waals surface area contributed by atoms with Crippen LogP contribution in [0.2, 0.25) is 0 Å². The second-order valence-corrected chi connectivity index (χ2v) is 9.44. The van der Waals surface area contributed by atoms with Crippen LogP contribution in [0.4, 0.5) is 9.18 Å². The SMILES string of the molecule is Cc1nc(COC(=O)N(C)CCN(C)C)sc1-c1csc(-c2cc(O)c(C(=O)O)cc2F)n1. The molecule has 0 unspecified atom stereocenters. The number of amides is 1. The Morgan fingerprint density at radius 2 is 1.91 bits per heavy atom. The molecule has 0 atom stereocenters. The van der Waals surface area contributed by atoms with Gasteiger partial charge in [0.2, 0.25) is 0 Å². The molecule has 0 aliphatic heterocycles. The maximum absolute atomic E-state index is 14.4. The highest BCUT2D eigenvalue weighted by atomic mass is 32.1. The first-order valence-corrected chi connectivity index (χ1v) is 11.5. The fraction of sp³-hybridized carbons (Fsp3) is 0.333. The van der Waals surface area contributed by atoms with Crippen LogP contribution in [0, 0.1) is 12.7 Å². The second-order valence-electron chi connectivity index (χ2n) is 7.49. The number of nitrogens with zero attached hydrogens (tertiary/aromatic N) is 4. The molecule has 2 heterocycles.